The van der Waals surface area contributed by atoms with Gasteiger partial charge in [0.2, 0.25) is 0 Å². The maximum atomic E-state index is 12.3. The van der Waals surface area contributed by atoms with Crippen molar-refractivity contribution in [3.8, 4) is 5.69 Å². The molecule has 0 spiro atoms. The molecule has 0 aliphatic carbocycles. The van der Waals surface area contributed by atoms with Crippen LogP contribution in [0.2, 0.25) is 0 Å². The van der Waals surface area contributed by atoms with Crippen LogP contribution in [-0.4, -0.2) is 22.2 Å². The number of nitrogens with zero attached hydrogens (tertiary/aromatic N) is 2. The fourth-order valence-electron chi connectivity index (χ4n) is 2.91. The number of aromatic nitrogens is 2. The Labute approximate surface area is 162 Å². The molecule has 1 N–H and O–H groups in total. The van der Waals surface area contributed by atoms with Crippen molar-refractivity contribution >= 4 is 21.8 Å². The highest BCUT2D eigenvalue weighted by Gasteiger charge is 2.09. The van der Waals surface area contributed by atoms with Crippen LogP contribution in [-0.2, 0) is 6.42 Å². The minimum Gasteiger partial charge on any atom is -0.352 e. The predicted octanol–water partition coefficient (Wildman–Crippen LogP) is 4.61. The maximum Gasteiger partial charge on any atom is 0.251 e. The number of para-hydroxylation sites is 1. The van der Waals surface area contributed by atoms with Crippen LogP contribution in [0, 0.1) is 13.8 Å². The van der Waals surface area contributed by atoms with E-state index in [9.17, 15) is 4.79 Å². The molecule has 2 aromatic carbocycles. The Bertz CT molecular complexity index is 903. The smallest absolute Gasteiger partial charge is 0.251 e. The van der Waals surface area contributed by atoms with Crippen molar-refractivity contribution in [2.75, 3.05) is 6.54 Å². The highest BCUT2D eigenvalue weighted by Crippen LogP contribution is 2.16. The zero-order valence-corrected chi connectivity index (χ0v) is 16.6. The van der Waals surface area contributed by atoms with Crippen LogP contribution in [0.5, 0.6) is 0 Å². The molecular weight excluding hydrogens is 390 g/mol. The van der Waals surface area contributed by atoms with E-state index in [2.05, 4.69) is 32.5 Å². The molecule has 0 atom stereocenters. The maximum absolute atomic E-state index is 12.3. The molecule has 1 heterocycles. The molecule has 0 aliphatic rings. The fourth-order valence-corrected chi connectivity index (χ4v) is 3.39. The number of nitrogens with one attached hydrogen (secondary N) is 1. The van der Waals surface area contributed by atoms with E-state index >= 15 is 0 Å². The van der Waals surface area contributed by atoms with E-state index in [0.717, 1.165) is 39.8 Å². The van der Waals surface area contributed by atoms with Gasteiger partial charge in [-0.2, -0.15) is 5.10 Å². The summed E-state index contributed by atoms with van der Waals surface area (Å²) in [7, 11) is 0. The number of halogens is 1. The first-order chi connectivity index (χ1) is 12.5. The summed E-state index contributed by atoms with van der Waals surface area (Å²) in [6.07, 6.45) is 3.84. The minimum atomic E-state index is -0.0216. The monoisotopic (exact) mass is 411 g/mol. The lowest BCUT2D eigenvalue weighted by Crippen LogP contribution is -2.25. The number of hydrogen-bond donors (Lipinski definition) is 1. The Morgan fingerprint density at radius 1 is 1.15 bits per heavy atom. The number of hydrogen-bond acceptors (Lipinski definition) is 2. The van der Waals surface area contributed by atoms with Gasteiger partial charge in [-0.15, -0.1) is 0 Å². The van der Waals surface area contributed by atoms with Gasteiger partial charge in [0.1, 0.15) is 0 Å². The molecule has 134 valence electrons. The van der Waals surface area contributed by atoms with Crippen molar-refractivity contribution in [1.29, 1.82) is 0 Å². The quantitative estimate of drug-likeness (QED) is 0.601. The zero-order valence-electron chi connectivity index (χ0n) is 15.0. The van der Waals surface area contributed by atoms with Gasteiger partial charge in [-0.25, -0.2) is 4.68 Å². The topological polar surface area (TPSA) is 46.9 Å². The summed E-state index contributed by atoms with van der Waals surface area (Å²) >= 11 is 3.42. The van der Waals surface area contributed by atoms with E-state index in [1.54, 1.807) is 0 Å². The first-order valence-corrected chi connectivity index (χ1v) is 9.49. The van der Waals surface area contributed by atoms with E-state index < -0.39 is 0 Å². The lowest BCUT2D eigenvalue weighted by molar-refractivity contribution is 0.0952. The molecule has 1 aromatic heterocycles. The standard InChI is InChI=1S/C21H22BrN3O/c1-15-13-18(22)10-11-20(15)21(26)23-12-6-7-17-14-25(24-16(17)2)19-8-4-3-5-9-19/h3-5,8-11,13-14H,6-7,12H2,1-2H3,(H,23,26). The summed E-state index contributed by atoms with van der Waals surface area (Å²) in [5.41, 5.74) is 4.99. The highest BCUT2D eigenvalue weighted by molar-refractivity contribution is 9.10. The second-order valence-corrected chi connectivity index (χ2v) is 7.25. The number of aryl methyl sites for hydroxylation is 3. The molecule has 5 heteroatoms. The molecule has 1 amide bonds. The minimum absolute atomic E-state index is 0.0216. The van der Waals surface area contributed by atoms with Crippen LogP contribution >= 0.6 is 15.9 Å². The van der Waals surface area contributed by atoms with Gasteiger partial charge < -0.3 is 5.32 Å². The molecule has 3 rings (SSSR count). The lowest BCUT2D eigenvalue weighted by Gasteiger charge is -2.08. The fraction of sp³-hybridized carbons (Fsp3) is 0.238. The Morgan fingerprint density at radius 2 is 1.92 bits per heavy atom. The molecule has 0 saturated heterocycles. The van der Waals surface area contributed by atoms with Gasteiger partial charge in [0, 0.05) is 22.8 Å². The number of carbonyl (C=O) groups excluding carboxylic acids is 1. The van der Waals surface area contributed by atoms with E-state index in [0.29, 0.717) is 6.54 Å². The van der Waals surface area contributed by atoms with E-state index in [1.807, 2.05) is 67.1 Å². The van der Waals surface area contributed by atoms with Crippen LogP contribution in [0.4, 0.5) is 0 Å². The van der Waals surface area contributed by atoms with Crippen LogP contribution in [0.1, 0.15) is 33.6 Å². The molecule has 0 aliphatic heterocycles. The molecular formula is C21H22BrN3O. The van der Waals surface area contributed by atoms with Gasteiger partial charge in [-0.1, -0.05) is 34.1 Å². The van der Waals surface area contributed by atoms with Crippen LogP contribution in [0.25, 0.3) is 5.69 Å². The summed E-state index contributed by atoms with van der Waals surface area (Å²) in [4.78, 5) is 12.3. The SMILES string of the molecule is Cc1cc(Br)ccc1C(=O)NCCCc1cn(-c2ccccc2)nc1C. The van der Waals surface area contributed by atoms with Crippen molar-refractivity contribution in [1.82, 2.24) is 15.1 Å². The van der Waals surface area contributed by atoms with Crippen molar-refractivity contribution in [3.63, 3.8) is 0 Å². The molecule has 0 fully saturated rings. The number of rotatable bonds is 6. The van der Waals surface area contributed by atoms with E-state index in [4.69, 9.17) is 0 Å². The van der Waals surface area contributed by atoms with Gasteiger partial charge in [0.05, 0.1) is 11.4 Å². The predicted molar refractivity (Wildman–Crippen MR) is 108 cm³/mol. The van der Waals surface area contributed by atoms with Crippen molar-refractivity contribution in [2.45, 2.75) is 26.7 Å². The third kappa shape index (κ3) is 4.41. The molecule has 0 bridgehead atoms. The van der Waals surface area contributed by atoms with E-state index in [-0.39, 0.29) is 5.91 Å². The van der Waals surface area contributed by atoms with Gasteiger partial charge in [-0.05, 0) is 68.1 Å². The second-order valence-electron chi connectivity index (χ2n) is 6.34. The number of carbonyl (C=O) groups is 1. The van der Waals surface area contributed by atoms with Crippen LogP contribution in [0.15, 0.2) is 59.2 Å². The molecule has 0 unspecified atom stereocenters. The van der Waals surface area contributed by atoms with Crippen LogP contribution < -0.4 is 5.32 Å². The normalized spacial score (nSPS) is 10.7. The largest absolute Gasteiger partial charge is 0.352 e. The Balaban J connectivity index is 1.54. The molecule has 4 nitrogen and oxygen atoms in total. The first-order valence-electron chi connectivity index (χ1n) is 8.69. The van der Waals surface area contributed by atoms with E-state index in [1.165, 1.54) is 5.56 Å². The average Bonchev–Trinajstić information content (AvgIpc) is 3.00. The Kier molecular flexibility index (Phi) is 5.89. The average molecular weight is 412 g/mol. The van der Waals surface area contributed by atoms with Gasteiger partial charge in [0.15, 0.2) is 0 Å². The first kappa shape index (κ1) is 18.4. The lowest BCUT2D eigenvalue weighted by atomic mass is 10.1. The Hall–Kier alpha value is -2.40. The van der Waals surface area contributed by atoms with Crippen molar-refractivity contribution in [3.05, 3.63) is 81.6 Å². The molecule has 0 saturated carbocycles. The molecule has 26 heavy (non-hydrogen) atoms. The summed E-state index contributed by atoms with van der Waals surface area (Å²) in [5, 5.41) is 7.59. The van der Waals surface area contributed by atoms with Crippen LogP contribution in [0.3, 0.4) is 0 Å². The number of amides is 1. The third-order valence-corrected chi connectivity index (χ3v) is 4.86. The van der Waals surface area contributed by atoms with Gasteiger partial charge in [-0.3, -0.25) is 4.79 Å². The van der Waals surface area contributed by atoms with Crippen molar-refractivity contribution in [2.24, 2.45) is 0 Å². The summed E-state index contributed by atoms with van der Waals surface area (Å²) in [6, 6.07) is 15.8. The zero-order chi connectivity index (χ0) is 18.5. The van der Waals surface area contributed by atoms with Crippen molar-refractivity contribution < 1.29 is 4.79 Å². The van der Waals surface area contributed by atoms with Gasteiger partial charge >= 0.3 is 0 Å². The van der Waals surface area contributed by atoms with Gasteiger partial charge in [0.25, 0.3) is 5.91 Å². The highest BCUT2D eigenvalue weighted by atomic mass is 79.9. The second kappa shape index (κ2) is 8.32. The molecule has 0 radical (unpaired) electrons. The summed E-state index contributed by atoms with van der Waals surface area (Å²) < 4.78 is 2.89. The molecule has 3 aromatic rings. The Morgan fingerprint density at radius 3 is 2.65 bits per heavy atom. The summed E-state index contributed by atoms with van der Waals surface area (Å²) in [5.74, 6) is -0.0216. The third-order valence-electron chi connectivity index (χ3n) is 4.36. The number of benzene rings is 2. The summed E-state index contributed by atoms with van der Waals surface area (Å²) in [6.45, 7) is 4.61.